The monoisotopic (exact) mass is 564 g/mol. The summed E-state index contributed by atoms with van der Waals surface area (Å²) in [5.41, 5.74) is 3.27. The molecule has 0 spiro atoms. The molecule has 0 unspecified atom stereocenters. The van der Waals surface area contributed by atoms with Gasteiger partial charge in [0.2, 0.25) is 5.82 Å². The number of hydrogen-bond donors (Lipinski definition) is 0. The van der Waals surface area contributed by atoms with Crippen molar-refractivity contribution in [3.8, 4) is 17.1 Å². The fourth-order valence-electron chi connectivity index (χ4n) is 4.66. The van der Waals surface area contributed by atoms with Gasteiger partial charge < -0.3 is 18.1 Å². The molecule has 39 heavy (non-hydrogen) atoms. The molecule has 1 aromatic carbocycles. The summed E-state index contributed by atoms with van der Waals surface area (Å²) < 4.78 is 69.0. The molecule has 0 bridgehead atoms. The quantitative estimate of drug-likeness (QED) is 0.281. The van der Waals surface area contributed by atoms with Gasteiger partial charge in [0.05, 0.1) is 19.2 Å². The van der Waals surface area contributed by atoms with Crippen LogP contribution in [0.25, 0.3) is 28.1 Å². The summed E-state index contributed by atoms with van der Waals surface area (Å²) in [7, 11) is 0. The van der Waals surface area contributed by atoms with Gasteiger partial charge in [0.1, 0.15) is 23.2 Å². The van der Waals surface area contributed by atoms with Crippen LogP contribution in [-0.4, -0.2) is 55.4 Å². The Balaban J connectivity index is 1.25. The molecule has 0 amide bonds. The number of pyridine rings is 1. The number of rotatable bonds is 7. The van der Waals surface area contributed by atoms with E-state index in [1.165, 1.54) is 12.3 Å². The average molecular weight is 565 g/mol. The molecule has 9 nitrogen and oxygen atoms in total. The van der Waals surface area contributed by atoms with Crippen LogP contribution in [-0.2, 0) is 24.0 Å². The third-order valence-corrected chi connectivity index (χ3v) is 6.98. The third-order valence-electron chi connectivity index (χ3n) is 6.81. The van der Waals surface area contributed by atoms with Crippen LogP contribution in [0.4, 0.5) is 17.6 Å². The van der Waals surface area contributed by atoms with Crippen molar-refractivity contribution in [1.29, 1.82) is 0 Å². The lowest BCUT2D eigenvalue weighted by Gasteiger charge is -2.29. The highest BCUT2D eigenvalue weighted by atomic mass is 35.5. The second-order valence-corrected chi connectivity index (χ2v) is 9.50. The van der Waals surface area contributed by atoms with Gasteiger partial charge in [0, 0.05) is 31.5 Å². The fourth-order valence-corrected chi connectivity index (χ4v) is 4.78. The van der Waals surface area contributed by atoms with Gasteiger partial charge in [-0.3, -0.25) is 4.90 Å². The number of ether oxygens (including phenoxy) is 1. The molecule has 0 saturated carbocycles. The van der Waals surface area contributed by atoms with Crippen molar-refractivity contribution in [3.63, 3.8) is 0 Å². The van der Waals surface area contributed by atoms with Gasteiger partial charge >= 0.3 is 12.1 Å². The predicted molar refractivity (Wildman–Crippen MR) is 131 cm³/mol. The minimum Gasteiger partial charge on any atom is -0.382 e. The van der Waals surface area contributed by atoms with Crippen LogP contribution in [0.15, 0.2) is 41.1 Å². The molecule has 0 aliphatic carbocycles. The summed E-state index contributed by atoms with van der Waals surface area (Å²) in [5, 5.41) is 3.45. The van der Waals surface area contributed by atoms with Gasteiger partial charge in [-0.1, -0.05) is 17.3 Å². The molecule has 4 aromatic rings. The SMILES string of the molecule is Fc1ccc(C2=CCN(Cc3nc4cc(-c5noc(C(F)(F)F)n5)cnc4n3C[C@@H]3CCO3)CC2)cc1OCl. The van der Waals surface area contributed by atoms with Crippen molar-refractivity contribution in [2.24, 2.45) is 0 Å². The molecule has 0 radical (unpaired) electrons. The topological polar surface area (TPSA) is 91.3 Å². The first-order valence-corrected chi connectivity index (χ1v) is 12.5. The maximum atomic E-state index is 13.7. The molecule has 1 saturated heterocycles. The third kappa shape index (κ3) is 5.21. The van der Waals surface area contributed by atoms with Crippen molar-refractivity contribution in [2.45, 2.75) is 38.2 Å². The largest absolute Gasteiger partial charge is 0.471 e. The van der Waals surface area contributed by atoms with Crippen molar-refractivity contribution in [1.82, 2.24) is 29.6 Å². The summed E-state index contributed by atoms with van der Waals surface area (Å²) in [6.07, 6.45) is 0.428. The predicted octanol–water partition coefficient (Wildman–Crippen LogP) is 5.25. The molecule has 0 N–H and O–H groups in total. The highest BCUT2D eigenvalue weighted by molar-refractivity contribution is 6.09. The van der Waals surface area contributed by atoms with E-state index >= 15 is 0 Å². The van der Waals surface area contributed by atoms with Crippen molar-refractivity contribution in [3.05, 3.63) is 59.6 Å². The van der Waals surface area contributed by atoms with Crippen LogP contribution in [0.3, 0.4) is 0 Å². The van der Waals surface area contributed by atoms with Crippen LogP contribution in [0.5, 0.6) is 5.75 Å². The molecule has 204 valence electrons. The molecule has 2 aliphatic heterocycles. The Morgan fingerprint density at radius 3 is 2.67 bits per heavy atom. The van der Waals surface area contributed by atoms with E-state index in [2.05, 4.69) is 34.9 Å². The van der Waals surface area contributed by atoms with Gasteiger partial charge in [-0.25, -0.2) is 14.4 Å². The van der Waals surface area contributed by atoms with Crippen LogP contribution in [0.1, 0.15) is 30.1 Å². The Kier molecular flexibility index (Phi) is 6.73. The van der Waals surface area contributed by atoms with E-state index in [4.69, 9.17) is 21.6 Å². The first-order chi connectivity index (χ1) is 18.8. The second kappa shape index (κ2) is 10.2. The number of fused-ring (bicyclic) bond motifs is 1. The Morgan fingerprint density at radius 2 is 2.00 bits per heavy atom. The molecule has 14 heteroatoms. The minimum atomic E-state index is -4.74. The van der Waals surface area contributed by atoms with Crippen molar-refractivity contribution >= 4 is 28.6 Å². The summed E-state index contributed by atoms with van der Waals surface area (Å²) in [6, 6.07) is 6.20. The Morgan fingerprint density at radius 1 is 1.15 bits per heavy atom. The zero-order valence-corrected chi connectivity index (χ0v) is 21.0. The van der Waals surface area contributed by atoms with Gasteiger partial charge in [0.25, 0.3) is 0 Å². The molecule has 5 heterocycles. The van der Waals surface area contributed by atoms with E-state index in [9.17, 15) is 17.6 Å². The van der Waals surface area contributed by atoms with E-state index in [-0.39, 0.29) is 23.2 Å². The molecule has 6 rings (SSSR count). The zero-order chi connectivity index (χ0) is 27.1. The Hall–Kier alpha value is -3.55. The summed E-state index contributed by atoms with van der Waals surface area (Å²) >= 11 is 5.37. The van der Waals surface area contributed by atoms with Gasteiger partial charge in [0.15, 0.2) is 17.2 Å². The highest BCUT2D eigenvalue weighted by Crippen LogP contribution is 2.31. The lowest BCUT2D eigenvalue weighted by atomic mass is 9.99. The lowest BCUT2D eigenvalue weighted by Crippen LogP contribution is -2.33. The number of hydrogen-bond acceptors (Lipinski definition) is 8. The summed E-state index contributed by atoms with van der Waals surface area (Å²) in [6.45, 7) is 3.13. The van der Waals surface area contributed by atoms with E-state index in [0.29, 0.717) is 37.4 Å². The van der Waals surface area contributed by atoms with Crippen LogP contribution in [0, 0.1) is 5.82 Å². The van der Waals surface area contributed by atoms with Crippen LogP contribution < -0.4 is 4.29 Å². The number of aromatic nitrogens is 5. The first kappa shape index (κ1) is 25.7. The fraction of sp³-hybridized carbons (Fsp3) is 0.360. The van der Waals surface area contributed by atoms with E-state index in [1.54, 1.807) is 18.2 Å². The number of imidazole rings is 1. The van der Waals surface area contributed by atoms with Gasteiger partial charge in [-0.2, -0.15) is 18.2 Å². The minimum absolute atomic E-state index is 0.0215. The van der Waals surface area contributed by atoms with E-state index in [1.807, 2.05) is 4.57 Å². The summed E-state index contributed by atoms with van der Waals surface area (Å²) in [4.78, 5) is 14.9. The molecule has 2 aliphatic rings. The number of benzene rings is 1. The number of halogens is 5. The molecular formula is C25H21ClF4N6O3. The van der Waals surface area contributed by atoms with Gasteiger partial charge in [-0.05, 0) is 42.2 Å². The van der Waals surface area contributed by atoms with Crippen molar-refractivity contribution < 1.29 is 31.1 Å². The van der Waals surface area contributed by atoms with Crippen molar-refractivity contribution in [2.75, 3.05) is 19.7 Å². The zero-order valence-electron chi connectivity index (χ0n) is 20.3. The highest BCUT2D eigenvalue weighted by Gasteiger charge is 2.38. The normalized spacial score (nSPS) is 18.3. The second-order valence-electron chi connectivity index (χ2n) is 9.34. The Bertz CT molecular complexity index is 1550. The Labute approximate surface area is 224 Å². The maximum absolute atomic E-state index is 13.7. The number of alkyl halides is 3. The average Bonchev–Trinajstić information content (AvgIpc) is 3.52. The lowest BCUT2D eigenvalue weighted by molar-refractivity contribution is -0.159. The van der Waals surface area contributed by atoms with E-state index in [0.717, 1.165) is 36.3 Å². The summed E-state index contributed by atoms with van der Waals surface area (Å²) in [5.74, 6) is -1.43. The molecule has 1 fully saturated rings. The smallest absolute Gasteiger partial charge is 0.382 e. The first-order valence-electron chi connectivity index (χ1n) is 12.2. The molecular weight excluding hydrogens is 544 g/mol. The standard InChI is InChI=1S/C25H21ClF4N6O3/c26-38-20-10-15(1-2-18(20)27)14-3-6-35(7-4-14)13-21-32-19-9-16(22-33-24(39-34-22)25(28,29)30)11-31-23(19)36(21)12-17-5-8-37-17/h1-3,9-11,17H,4-8,12-13H2/t17-/m0/s1. The maximum Gasteiger partial charge on any atom is 0.471 e. The number of nitrogens with zero attached hydrogens (tertiary/aromatic N) is 6. The molecule has 1 atom stereocenters. The van der Waals surface area contributed by atoms with Crippen LogP contribution >= 0.6 is 11.9 Å². The van der Waals surface area contributed by atoms with Gasteiger partial charge in [-0.15, -0.1) is 0 Å². The van der Waals surface area contributed by atoms with Crippen LogP contribution in [0.2, 0.25) is 0 Å². The van der Waals surface area contributed by atoms with E-state index < -0.39 is 17.9 Å². The molecule has 3 aromatic heterocycles.